The average Bonchev–Trinajstić information content (AvgIpc) is 3.02. The molecule has 25 heavy (non-hydrogen) atoms. The van der Waals surface area contributed by atoms with Crippen LogP contribution in [0.3, 0.4) is 0 Å². The number of furan rings is 1. The second-order valence-electron chi connectivity index (χ2n) is 5.16. The molecular weight excluding hydrogens is 368 g/mol. The zero-order chi connectivity index (χ0) is 18.1. The van der Waals surface area contributed by atoms with Gasteiger partial charge in [-0.15, -0.1) is 0 Å². The average molecular weight is 377 g/mol. The van der Waals surface area contributed by atoms with Crippen LogP contribution in [0.1, 0.15) is 17.2 Å². The maximum atomic E-state index is 12.8. The molecule has 7 nitrogen and oxygen atoms in total. The number of benzene rings is 1. The summed E-state index contributed by atoms with van der Waals surface area (Å²) in [6.07, 6.45) is 1.16. The molecule has 1 aromatic heterocycles. The normalized spacial score (nSPS) is 19.2. The topological polar surface area (TPSA) is 102 Å². The van der Waals surface area contributed by atoms with Crippen molar-refractivity contribution in [3.8, 4) is 0 Å². The highest BCUT2D eigenvalue weighted by Gasteiger charge is 2.37. The highest BCUT2D eigenvalue weighted by molar-refractivity contribution is 7.80. The first kappa shape index (κ1) is 17.0. The Morgan fingerprint density at radius 1 is 1.20 bits per heavy atom. The van der Waals surface area contributed by atoms with Gasteiger partial charge in [0, 0.05) is 5.02 Å². The lowest BCUT2D eigenvalue weighted by molar-refractivity contribution is -0.402. The minimum Gasteiger partial charge on any atom is -0.401 e. The van der Waals surface area contributed by atoms with Gasteiger partial charge < -0.3 is 9.73 Å². The summed E-state index contributed by atoms with van der Waals surface area (Å²) in [5.41, 5.74) is 0.383. The van der Waals surface area contributed by atoms with Gasteiger partial charge in [0.1, 0.15) is 10.7 Å². The molecule has 0 aliphatic carbocycles. The number of piperidine rings is 1. The van der Waals surface area contributed by atoms with Gasteiger partial charge in [-0.3, -0.25) is 19.7 Å². The summed E-state index contributed by atoms with van der Waals surface area (Å²) in [4.78, 5) is 34.9. The highest BCUT2D eigenvalue weighted by atomic mass is 35.5. The minimum atomic E-state index is -0.846. The molecule has 0 radical (unpaired) electrons. The lowest BCUT2D eigenvalue weighted by atomic mass is 9.86. The number of carbonyl (C=O) groups is 2. The Morgan fingerprint density at radius 2 is 1.88 bits per heavy atom. The van der Waals surface area contributed by atoms with Gasteiger partial charge in [0.15, 0.2) is 5.78 Å². The number of halogens is 1. The number of carbonyl (C=O) groups excluding carboxylic acids is 2. The number of ketones is 1. The fourth-order valence-corrected chi connectivity index (χ4v) is 2.85. The number of nitrogens with zero attached hydrogens (tertiary/aromatic N) is 1. The molecule has 1 aliphatic rings. The summed E-state index contributed by atoms with van der Waals surface area (Å²) < 4.78 is 4.97. The Hall–Kier alpha value is -2.84. The molecule has 0 spiro atoms. The Kier molecular flexibility index (Phi) is 4.47. The van der Waals surface area contributed by atoms with Crippen LogP contribution in [0, 0.1) is 10.1 Å². The summed E-state index contributed by atoms with van der Waals surface area (Å²) in [6, 6.07) is 8.95. The Bertz CT molecular complexity index is 932. The molecular formula is C16H9ClN2O5S. The predicted octanol–water partition coefficient (Wildman–Crippen LogP) is 3.03. The molecule has 1 atom stereocenters. The van der Waals surface area contributed by atoms with Crippen molar-refractivity contribution in [3.63, 3.8) is 0 Å². The first-order chi connectivity index (χ1) is 11.9. The molecule has 1 saturated heterocycles. The van der Waals surface area contributed by atoms with E-state index in [-0.39, 0.29) is 16.3 Å². The van der Waals surface area contributed by atoms with Gasteiger partial charge >= 0.3 is 5.88 Å². The number of amides is 1. The molecule has 126 valence electrons. The first-order valence-electron chi connectivity index (χ1n) is 6.97. The molecule has 1 amide bonds. The lowest BCUT2D eigenvalue weighted by Crippen LogP contribution is -2.45. The van der Waals surface area contributed by atoms with Crippen molar-refractivity contribution in [1.29, 1.82) is 0 Å². The number of rotatable bonds is 3. The van der Waals surface area contributed by atoms with Gasteiger partial charge in [0.25, 0.3) is 5.91 Å². The maximum absolute atomic E-state index is 12.8. The standard InChI is InChI=1S/C16H9ClN2O5S/c17-9-3-1-8(2-4-9)13-14(20)11(15(21)18-16(13)25)7-10-5-6-12(24-10)19(22)23/h1-7,13H,(H,18,21,25)/b11-7-. The second-order valence-corrected chi connectivity index (χ2v) is 6.03. The quantitative estimate of drug-likeness (QED) is 0.290. The van der Waals surface area contributed by atoms with Crippen LogP contribution in [-0.4, -0.2) is 21.6 Å². The molecule has 1 aliphatic heterocycles. The van der Waals surface area contributed by atoms with E-state index in [0.29, 0.717) is 10.6 Å². The molecule has 2 aromatic rings. The monoisotopic (exact) mass is 376 g/mol. The molecule has 0 saturated carbocycles. The van der Waals surface area contributed by atoms with Crippen LogP contribution in [0.4, 0.5) is 5.88 Å². The number of nitrogens with one attached hydrogen (secondary N) is 1. The number of Topliss-reactive ketones (excluding diaryl/α,β-unsaturated/α-hetero) is 1. The van der Waals surface area contributed by atoms with Gasteiger partial charge in [-0.1, -0.05) is 36.0 Å². The smallest absolute Gasteiger partial charge is 0.401 e. The third-order valence-electron chi connectivity index (χ3n) is 3.55. The van der Waals surface area contributed by atoms with E-state index in [0.717, 1.165) is 12.1 Å². The van der Waals surface area contributed by atoms with Crippen LogP contribution in [0.5, 0.6) is 0 Å². The van der Waals surface area contributed by atoms with Crippen LogP contribution >= 0.6 is 23.8 Å². The van der Waals surface area contributed by atoms with Crippen LogP contribution in [-0.2, 0) is 9.59 Å². The van der Waals surface area contributed by atoms with Gasteiger partial charge in [-0.25, -0.2) is 0 Å². The van der Waals surface area contributed by atoms with E-state index in [9.17, 15) is 19.7 Å². The van der Waals surface area contributed by atoms with Gasteiger partial charge in [0.2, 0.25) is 0 Å². The third-order valence-corrected chi connectivity index (χ3v) is 4.14. The Balaban J connectivity index is 1.98. The zero-order valence-electron chi connectivity index (χ0n) is 12.4. The number of hydrogen-bond donors (Lipinski definition) is 1. The molecule has 9 heteroatoms. The molecule has 3 rings (SSSR count). The summed E-state index contributed by atoms with van der Waals surface area (Å²) in [7, 11) is 0. The van der Waals surface area contributed by atoms with E-state index in [1.807, 2.05) is 0 Å². The van der Waals surface area contributed by atoms with E-state index < -0.39 is 28.4 Å². The van der Waals surface area contributed by atoms with Gasteiger partial charge in [0.05, 0.1) is 22.5 Å². The molecule has 0 bridgehead atoms. The SMILES string of the molecule is O=C1NC(=S)C(c2ccc(Cl)cc2)C(=O)/C1=C/c1ccc([N+](=O)[O-])o1. The van der Waals surface area contributed by atoms with E-state index in [1.54, 1.807) is 24.3 Å². The Morgan fingerprint density at radius 3 is 2.48 bits per heavy atom. The van der Waals surface area contributed by atoms with E-state index in [4.69, 9.17) is 28.2 Å². The third kappa shape index (κ3) is 3.35. The van der Waals surface area contributed by atoms with Crippen molar-refractivity contribution in [2.75, 3.05) is 0 Å². The first-order valence-corrected chi connectivity index (χ1v) is 7.76. The zero-order valence-corrected chi connectivity index (χ0v) is 14.0. The van der Waals surface area contributed by atoms with Gasteiger partial charge in [-0.05, 0) is 29.8 Å². The fraction of sp³-hybridized carbons (Fsp3) is 0.0625. The summed E-state index contributed by atoms with van der Waals surface area (Å²) in [5, 5.41) is 13.6. The summed E-state index contributed by atoms with van der Waals surface area (Å²) in [6.45, 7) is 0. The molecule has 1 aromatic carbocycles. The van der Waals surface area contributed by atoms with Crippen LogP contribution in [0.2, 0.25) is 5.02 Å². The number of nitro groups is 1. The summed E-state index contributed by atoms with van der Waals surface area (Å²) >= 11 is 11.0. The van der Waals surface area contributed by atoms with Crippen LogP contribution in [0.25, 0.3) is 6.08 Å². The predicted molar refractivity (Wildman–Crippen MR) is 93.3 cm³/mol. The van der Waals surface area contributed by atoms with E-state index >= 15 is 0 Å². The van der Waals surface area contributed by atoms with Crippen molar-refractivity contribution in [2.24, 2.45) is 0 Å². The number of thiocarbonyl (C=S) groups is 1. The van der Waals surface area contributed by atoms with Crippen LogP contribution in [0.15, 0.2) is 46.4 Å². The highest BCUT2D eigenvalue weighted by Crippen LogP contribution is 2.28. The van der Waals surface area contributed by atoms with Crippen molar-refractivity contribution in [1.82, 2.24) is 5.32 Å². The van der Waals surface area contributed by atoms with Crippen molar-refractivity contribution in [3.05, 3.63) is 68.4 Å². The lowest BCUT2D eigenvalue weighted by Gasteiger charge is -2.24. The van der Waals surface area contributed by atoms with Gasteiger partial charge in [-0.2, -0.15) is 0 Å². The number of hydrogen-bond acceptors (Lipinski definition) is 6. The molecule has 2 heterocycles. The molecule has 1 N–H and O–H groups in total. The largest absolute Gasteiger partial charge is 0.433 e. The van der Waals surface area contributed by atoms with E-state index in [2.05, 4.69) is 5.32 Å². The molecule has 1 unspecified atom stereocenters. The van der Waals surface area contributed by atoms with Crippen molar-refractivity contribution in [2.45, 2.75) is 5.92 Å². The summed E-state index contributed by atoms with van der Waals surface area (Å²) in [5.74, 6) is -2.51. The second kappa shape index (κ2) is 6.58. The Labute approximate surface area is 151 Å². The van der Waals surface area contributed by atoms with Crippen molar-refractivity contribution >= 4 is 52.5 Å². The minimum absolute atomic E-state index is 0.0212. The van der Waals surface area contributed by atoms with E-state index in [1.165, 1.54) is 6.07 Å². The maximum Gasteiger partial charge on any atom is 0.433 e. The van der Waals surface area contributed by atoms with Crippen LogP contribution < -0.4 is 5.32 Å². The fourth-order valence-electron chi connectivity index (χ4n) is 2.39. The molecule has 1 fully saturated rings. The van der Waals surface area contributed by atoms with Crippen molar-refractivity contribution < 1.29 is 18.9 Å².